The molecule has 1 nitrogen and oxygen atoms in total. The van der Waals surface area contributed by atoms with Crippen LogP contribution in [-0.2, 0) is 0 Å². The van der Waals surface area contributed by atoms with Crippen LogP contribution in [0.25, 0.3) is 0 Å². The highest BCUT2D eigenvalue weighted by Gasteiger charge is 2.02. The highest BCUT2D eigenvalue weighted by Crippen LogP contribution is 2.17. The maximum Gasteiger partial charge on any atom is 0.0302 e. The molecule has 2 heteroatoms. The van der Waals surface area contributed by atoms with Crippen LogP contribution in [-0.4, -0.2) is 10.7 Å². The van der Waals surface area contributed by atoms with E-state index in [4.69, 9.17) is 0 Å². The SMILES string of the molecule is CC(CCS)c1cccnc1. The van der Waals surface area contributed by atoms with Gasteiger partial charge in [0.05, 0.1) is 0 Å². The van der Waals surface area contributed by atoms with Gasteiger partial charge in [0.15, 0.2) is 0 Å². The van der Waals surface area contributed by atoms with Gasteiger partial charge >= 0.3 is 0 Å². The molecule has 1 aromatic heterocycles. The molecule has 0 aliphatic heterocycles. The molecule has 1 aromatic rings. The van der Waals surface area contributed by atoms with Crippen molar-refractivity contribution in [3.8, 4) is 0 Å². The van der Waals surface area contributed by atoms with Crippen LogP contribution < -0.4 is 0 Å². The van der Waals surface area contributed by atoms with Crippen molar-refractivity contribution in [1.82, 2.24) is 4.98 Å². The Morgan fingerprint density at radius 3 is 3.00 bits per heavy atom. The van der Waals surface area contributed by atoms with Crippen molar-refractivity contribution < 1.29 is 0 Å². The smallest absolute Gasteiger partial charge is 0.0302 e. The molecule has 0 fully saturated rings. The average Bonchev–Trinajstić information content (AvgIpc) is 2.07. The summed E-state index contributed by atoms with van der Waals surface area (Å²) in [6.07, 6.45) is 4.85. The first kappa shape index (κ1) is 8.60. The molecule has 0 N–H and O–H groups in total. The van der Waals surface area contributed by atoms with Gasteiger partial charge in [0, 0.05) is 12.4 Å². The number of thiol groups is 1. The first-order chi connectivity index (χ1) is 5.34. The van der Waals surface area contributed by atoms with Crippen molar-refractivity contribution in [3.05, 3.63) is 30.1 Å². The second-order valence-electron chi connectivity index (χ2n) is 2.70. The molecule has 60 valence electrons. The summed E-state index contributed by atoms with van der Waals surface area (Å²) in [5.74, 6) is 1.52. The lowest BCUT2D eigenvalue weighted by atomic mass is 10.0. The number of hydrogen-bond donors (Lipinski definition) is 1. The van der Waals surface area contributed by atoms with Gasteiger partial charge in [-0.3, -0.25) is 4.98 Å². The summed E-state index contributed by atoms with van der Waals surface area (Å²) in [5.41, 5.74) is 1.31. The van der Waals surface area contributed by atoms with Gasteiger partial charge < -0.3 is 0 Å². The van der Waals surface area contributed by atoms with E-state index in [0.29, 0.717) is 5.92 Å². The van der Waals surface area contributed by atoms with Crippen molar-refractivity contribution in [2.75, 3.05) is 5.75 Å². The minimum Gasteiger partial charge on any atom is -0.264 e. The van der Waals surface area contributed by atoms with Crippen LogP contribution >= 0.6 is 12.6 Å². The fourth-order valence-corrected chi connectivity index (χ4v) is 1.42. The molecule has 0 saturated heterocycles. The molecule has 0 aliphatic rings. The normalized spacial score (nSPS) is 12.9. The van der Waals surface area contributed by atoms with Crippen molar-refractivity contribution >= 4 is 12.6 Å². The minimum absolute atomic E-state index is 0.584. The fourth-order valence-electron chi connectivity index (χ4n) is 1.03. The third kappa shape index (κ3) is 2.54. The predicted octanol–water partition coefficient (Wildman–Crippen LogP) is 2.51. The zero-order chi connectivity index (χ0) is 8.10. The lowest BCUT2D eigenvalue weighted by Crippen LogP contribution is -1.94. The molecule has 0 aromatic carbocycles. The van der Waals surface area contributed by atoms with Crippen molar-refractivity contribution in [3.63, 3.8) is 0 Å². The van der Waals surface area contributed by atoms with Gasteiger partial charge in [0.2, 0.25) is 0 Å². The molecular formula is C9H13NS. The van der Waals surface area contributed by atoms with Crippen LogP contribution in [0.5, 0.6) is 0 Å². The topological polar surface area (TPSA) is 12.9 Å². The number of aromatic nitrogens is 1. The monoisotopic (exact) mass is 167 g/mol. The zero-order valence-corrected chi connectivity index (χ0v) is 7.59. The van der Waals surface area contributed by atoms with E-state index in [9.17, 15) is 0 Å². The summed E-state index contributed by atoms with van der Waals surface area (Å²) < 4.78 is 0. The molecule has 1 atom stereocenters. The summed E-state index contributed by atoms with van der Waals surface area (Å²) in [6, 6.07) is 4.09. The maximum absolute atomic E-state index is 4.19. The quantitative estimate of drug-likeness (QED) is 0.682. The van der Waals surface area contributed by atoms with E-state index in [-0.39, 0.29) is 0 Å². The van der Waals surface area contributed by atoms with Gasteiger partial charge in [0.25, 0.3) is 0 Å². The third-order valence-corrected chi connectivity index (χ3v) is 2.07. The summed E-state index contributed by atoms with van der Waals surface area (Å²) in [4.78, 5) is 4.06. The first-order valence-electron chi connectivity index (χ1n) is 3.85. The van der Waals surface area contributed by atoms with Crippen LogP contribution in [0.2, 0.25) is 0 Å². The molecule has 0 amide bonds. The van der Waals surface area contributed by atoms with Gasteiger partial charge in [0.1, 0.15) is 0 Å². The van der Waals surface area contributed by atoms with Gasteiger partial charge in [-0.25, -0.2) is 0 Å². The minimum atomic E-state index is 0.584. The van der Waals surface area contributed by atoms with E-state index in [1.165, 1.54) is 5.56 Å². The van der Waals surface area contributed by atoms with E-state index in [1.54, 1.807) is 6.20 Å². The summed E-state index contributed by atoms with van der Waals surface area (Å²) in [6.45, 7) is 2.20. The largest absolute Gasteiger partial charge is 0.264 e. The Labute approximate surface area is 73.3 Å². The number of rotatable bonds is 3. The van der Waals surface area contributed by atoms with E-state index < -0.39 is 0 Å². The molecule has 1 heterocycles. The van der Waals surface area contributed by atoms with E-state index in [2.05, 4.69) is 30.6 Å². The zero-order valence-electron chi connectivity index (χ0n) is 6.70. The molecule has 0 spiro atoms. The first-order valence-corrected chi connectivity index (χ1v) is 4.48. The van der Waals surface area contributed by atoms with Crippen LogP contribution in [0.1, 0.15) is 24.8 Å². The van der Waals surface area contributed by atoms with Crippen molar-refractivity contribution in [2.45, 2.75) is 19.3 Å². The Morgan fingerprint density at radius 1 is 1.64 bits per heavy atom. The summed E-state index contributed by atoms with van der Waals surface area (Å²) >= 11 is 4.19. The molecular weight excluding hydrogens is 154 g/mol. The van der Waals surface area contributed by atoms with Crippen LogP contribution in [0.3, 0.4) is 0 Å². The highest BCUT2D eigenvalue weighted by molar-refractivity contribution is 7.80. The van der Waals surface area contributed by atoms with Gasteiger partial charge in [-0.1, -0.05) is 13.0 Å². The third-order valence-electron chi connectivity index (χ3n) is 1.82. The lowest BCUT2D eigenvalue weighted by molar-refractivity contribution is 0.738. The maximum atomic E-state index is 4.19. The van der Waals surface area contributed by atoms with Gasteiger partial charge in [-0.2, -0.15) is 12.6 Å². The Kier molecular flexibility index (Phi) is 3.43. The number of nitrogens with zero attached hydrogens (tertiary/aromatic N) is 1. The van der Waals surface area contributed by atoms with Gasteiger partial charge in [-0.05, 0) is 29.7 Å². The molecule has 1 unspecified atom stereocenters. The predicted molar refractivity (Wildman–Crippen MR) is 51.1 cm³/mol. The van der Waals surface area contributed by atoms with E-state index in [0.717, 1.165) is 12.2 Å². The Bertz CT molecular complexity index is 198. The Hall–Kier alpha value is -0.500. The van der Waals surface area contributed by atoms with Crippen LogP contribution in [0, 0.1) is 0 Å². The molecule has 0 radical (unpaired) electrons. The molecule has 1 rings (SSSR count). The standard InChI is InChI=1S/C9H13NS/c1-8(4-6-11)9-3-2-5-10-7-9/h2-3,5,7-8,11H,4,6H2,1H3. The number of hydrogen-bond acceptors (Lipinski definition) is 2. The molecule has 0 bridgehead atoms. The fraction of sp³-hybridized carbons (Fsp3) is 0.444. The van der Waals surface area contributed by atoms with Crippen LogP contribution in [0.4, 0.5) is 0 Å². The number of pyridine rings is 1. The summed E-state index contributed by atoms with van der Waals surface area (Å²) in [5, 5.41) is 0. The molecule has 0 saturated carbocycles. The van der Waals surface area contributed by atoms with Gasteiger partial charge in [-0.15, -0.1) is 0 Å². The lowest BCUT2D eigenvalue weighted by Gasteiger charge is -2.07. The van der Waals surface area contributed by atoms with Crippen molar-refractivity contribution in [1.29, 1.82) is 0 Å². The average molecular weight is 167 g/mol. The van der Waals surface area contributed by atoms with E-state index in [1.807, 2.05) is 12.3 Å². The second kappa shape index (κ2) is 4.39. The molecule has 11 heavy (non-hydrogen) atoms. The molecule has 0 aliphatic carbocycles. The van der Waals surface area contributed by atoms with Crippen molar-refractivity contribution in [2.24, 2.45) is 0 Å². The second-order valence-corrected chi connectivity index (χ2v) is 3.15. The Balaban J connectivity index is 2.61. The van der Waals surface area contributed by atoms with Crippen LogP contribution in [0.15, 0.2) is 24.5 Å². The highest BCUT2D eigenvalue weighted by atomic mass is 32.1. The summed E-state index contributed by atoms with van der Waals surface area (Å²) in [7, 11) is 0. The Morgan fingerprint density at radius 2 is 2.45 bits per heavy atom. The van der Waals surface area contributed by atoms with E-state index >= 15 is 0 Å².